The Morgan fingerprint density at radius 2 is 1.80 bits per heavy atom. The predicted molar refractivity (Wildman–Crippen MR) is 100 cm³/mol. The van der Waals surface area contributed by atoms with Gasteiger partial charge in [-0.1, -0.05) is 43.1 Å². The van der Waals surface area contributed by atoms with Crippen molar-refractivity contribution in [1.82, 2.24) is 9.78 Å². The highest BCUT2D eigenvalue weighted by Gasteiger charge is 2.16. The summed E-state index contributed by atoms with van der Waals surface area (Å²) < 4.78 is 1.38. The minimum Gasteiger partial charge on any atom is -0.321 e. The Kier molecular flexibility index (Phi) is 5.14. The molecule has 3 rings (SSSR count). The lowest BCUT2D eigenvalue weighted by atomic mass is 10.1. The van der Waals surface area contributed by atoms with E-state index in [4.69, 9.17) is 11.6 Å². The van der Waals surface area contributed by atoms with Crippen LogP contribution in [0.2, 0.25) is 5.02 Å². The molecule has 1 amide bonds. The number of carbonyl (C=O) groups excluding carboxylic acids is 1. The van der Waals surface area contributed by atoms with Gasteiger partial charge in [-0.15, -0.1) is 0 Å². The second kappa shape index (κ2) is 7.49. The fourth-order valence-electron chi connectivity index (χ4n) is 2.59. The molecule has 0 spiro atoms. The van der Waals surface area contributed by atoms with Gasteiger partial charge in [0, 0.05) is 22.6 Å². The summed E-state index contributed by atoms with van der Waals surface area (Å²) in [6, 6.07) is 13.9. The third-order valence-electron chi connectivity index (χ3n) is 3.91. The average Bonchev–Trinajstić information content (AvgIpc) is 2.63. The van der Waals surface area contributed by atoms with Crippen LogP contribution in [0.3, 0.4) is 0 Å². The molecule has 3 aromatic rings. The number of aryl methyl sites for hydroxylation is 1. The van der Waals surface area contributed by atoms with Gasteiger partial charge in [0.2, 0.25) is 0 Å². The van der Waals surface area contributed by atoms with E-state index >= 15 is 0 Å². The summed E-state index contributed by atoms with van der Waals surface area (Å²) in [5.74, 6) is -0.358. The SMILES string of the molecule is CCCCn1nc(C(=O)Nc2ccc(Cl)cc2)c2ccccc2c1=O. The lowest BCUT2D eigenvalue weighted by Gasteiger charge is -2.11. The minimum absolute atomic E-state index is 0.174. The number of nitrogens with one attached hydrogen (secondary N) is 1. The number of benzene rings is 2. The molecular weight excluding hydrogens is 338 g/mol. The van der Waals surface area contributed by atoms with E-state index in [1.807, 2.05) is 6.92 Å². The summed E-state index contributed by atoms with van der Waals surface area (Å²) in [6.07, 6.45) is 1.76. The molecule has 5 nitrogen and oxygen atoms in total. The molecule has 1 N–H and O–H groups in total. The van der Waals surface area contributed by atoms with E-state index in [9.17, 15) is 9.59 Å². The first kappa shape index (κ1) is 17.2. The first-order chi connectivity index (χ1) is 12.1. The molecule has 0 atom stereocenters. The van der Waals surface area contributed by atoms with E-state index in [1.165, 1.54) is 4.68 Å². The van der Waals surface area contributed by atoms with E-state index in [0.29, 0.717) is 28.0 Å². The second-order valence-electron chi connectivity index (χ2n) is 5.74. The predicted octanol–water partition coefficient (Wildman–Crippen LogP) is 4.10. The molecule has 0 bridgehead atoms. The Hall–Kier alpha value is -2.66. The molecule has 25 heavy (non-hydrogen) atoms. The van der Waals surface area contributed by atoms with Crippen LogP contribution in [0.5, 0.6) is 0 Å². The molecule has 0 saturated carbocycles. The molecule has 0 fully saturated rings. The van der Waals surface area contributed by atoms with Gasteiger partial charge in [0.25, 0.3) is 11.5 Å². The van der Waals surface area contributed by atoms with Crippen LogP contribution in [-0.4, -0.2) is 15.7 Å². The van der Waals surface area contributed by atoms with Gasteiger partial charge in [-0.05, 0) is 36.8 Å². The van der Waals surface area contributed by atoms with Crippen molar-refractivity contribution in [2.75, 3.05) is 5.32 Å². The van der Waals surface area contributed by atoms with Crippen LogP contribution < -0.4 is 10.9 Å². The van der Waals surface area contributed by atoms with Gasteiger partial charge in [0.15, 0.2) is 5.69 Å². The minimum atomic E-state index is -0.358. The Morgan fingerprint density at radius 1 is 1.12 bits per heavy atom. The standard InChI is InChI=1S/C19H18ClN3O2/c1-2-3-12-23-19(25)16-7-5-4-6-15(16)17(22-23)18(24)21-14-10-8-13(20)9-11-14/h4-11H,2-3,12H2,1H3,(H,21,24). The summed E-state index contributed by atoms with van der Waals surface area (Å²) in [4.78, 5) is 25.3. The number of nitrogens with zero attached hydrogens (tertiary/aromatic N) is 2. The Labute approximate surface area is 150 Å². The van der Waals surface area contributed by atoms with Crippen molar-refractivity contribution < 1.29 is 4.79 Å². The van der Waals surface area contributed by atoms with Gasteiger partial charge >= 0.3 is 0 Å². The van der Waals surface area contributed by atoms with Crippen molar-refractivity contribution in [3.05, 3.63) is 69.6 Å². The van der Waals surface area contributed by atoms with Crippen molar-refractivity contribution >= 4 is 34.0 Å². The third-order valence-corrected chi connectivity index (χ3v) is 4.16. The summed E-state index contributed by atoms with van der Waals surface area (Å²) in [5.41, 5.74) is 0.680. The number of rotatable bonds is 5. The maximum absolute atomic E-state index is 12.7. The number of anilines is 1. The summed E-state index contributed by atoms with van der Waals surface area (Å²) in [5, 5.41) is 8.76. The van der Waals surface area contributed by atoms with Crippen molar-refractivity contribution in [3.8, 4) is 0 Å². The maximum atomic E-state index is 12.7. The van der Waals surface area contributed by atoms with Crippen LogP contribution >= 0.6 is 11.6 Å². The Balaban J connectivity index is 2.04. The number of unbranched alkanes of at least 4 members (excludes halogenated alkanes) is 1. The Morgan fingerprint density at radius 3 is 2.48 bits per heavy atom. The van der Waals surface area contributed by atoms with Gasteiger partial charge in [-0.3, -0.25) is 9.59 Å². The highest BCUT2D eigenvalue weighted by Crippen LogP contribution is 2.17. The van der Waals surface area contributed by atoms with Crippen molar-refractivity contribution in [1.29, 1.82) is 0 Å². The van der Waals surface area contributed by atoms with Gasteiger partial charge in [-0.2, -0.15) is 5.10 Å². The summed E-state index contributed by atoms with van der Waals surface area (Å²) in [6.45, 7) is 2.53. The molecule has 1 heterocycles. The lowest BCUT2D eigenvalue weighted by molar-refractivity contribution is 0.102. The Bertz CT molecular complexity index is 965. The lowest BCUT2D eigenvalue weighted by Crippen LogP contribution is -2.27. The fraction of sp³-hybridized carbons (Fsp3) is 0.211. The van der Waals surface area contributed by atoms with Gasteiger partial charge in [0.1, 0.15) is 0 Å². The first-order valence-electron chi connectivity index (χ1n) is 8.17. The van der Waals surface area contributed by atoms with E-state index in [0.717, 1.165) is 12.8 Å². The van der Waals surface area contributed by atoms with Crippen molar-refractivity contribution in [2.45, 2.75) is 26.3 Å². The van der Waals surface area contributed by atoms with Crippen molar-refractivity contribution in [2.24, 2.45) is 0 Å². The molecule has 1 aromatic heterocycles. The van der Waals surface area contributed by atoms with E-state index in [2.05, 4.69) is 10.4 Å². The third kappa shape index (κ3) is 3.72. The maximum Gasteiger partial charge on any atom is 0.276 e. The van der Waals surface area contributed by atoms with E-state index in [-0.39, 0.29) is 17.2 Å². The fourth-order valence-corrected chi connectivity index (χ4v) is 2.71. The summed E-state index contributed by atoms with van der Waals surface area (Å²) >= 11 is 5.87. The zero-order valence-electron chi connectivity index (χ0n) is 13.8. The van der Waals surface area contributed by atoms with E-state index < -0.39 is 0 Å². The molecule has 0 aliphatic carbocycles. The number of carbonyl (C=O) groups is 1. The second-order valence-corrected chi connectivity index (χ2v) is 6.17. The largest absolute Gasteiger partial charge is 0.321 e. The number of aromatic nitrogens is 2. The smallest absolute Gasteiger partial charge is 0.276 e. The highest BCUT2D eigenvalue weighted by molar-refractivity contribution is 6.30. The molecule has 0 unspecified atom stereocenters. The zero-order valence-corrected chi connectivity index (χ0v) is 14.6. The first-order valence-corrected chi connectivity index (χ1v) is 8.54. The number of fused-ring (bicyclic) bond motifs is 1. The van der Waals surface area contributed by atoms with Crippen LogP contribution in [0.25, 0.3) is 10.8 Å². The van der Waals surface area contributed by atoms with Gasteiger partial charge in [-0.25, -0.2) is 4.68 Å². The molecule has 128 valence electrons. The van der Waals surface area contributed by atoms with Crippen LogP contribution in [0, 0.1) is 0 Å². The molecule has 0 aliphatic heterocycles. The number of halogens is 1. The average molecular weight is 356 g/mol. The normalized spacial score (nSPS) is 10.8. The van der Waals surface area contributed by atoms with Crippen LogP contribution in [0.15, 0.2) is 53.3 Å². The molecule has 0 saturated heterocycles. The van der Waals surface area contributed by atoms with Crippen molar-refractivity contribution in [3.63, 3.8) is 0 Å². The molecular formula is C19H18ClN3O2. The highest BCUT2D eigenvalue weighted by atomic mass is 35.5. The van der Waals surface area contributed by atoms with Crippen LogP contribution in [-0.2, 0) is 6.54 Å². The van der Waals surface area contributed by atoms with E-state index in [1.54, 1.807) is 48.5 Å². The molecule has 0 aliphatic rings. The van der Waals surface area contributed by atoms with Gasteiger partial charge < -0.3 is 5.32 Å². The van der Waals surface area contributed by atoms with Crippen LogP contribution in [0.4, 0.5) is 5.69 Å². The molecule has 6 heteroatoms. The summed E-state index contributed by atoms with van der Waals surface area (Å²) in [7, 11) is 0. The molecule has 0 radical (unpaired) electrons. The monoisotopic (exact) mass is 355 g/mol. The number of amides is 1. The zero-order chi connectivity index (χ0) is 17.8. The quantitative estimate of drug-likeness (QED) is 0.749. The van der Waals surface area contributed by atoms with Gasteiger partial charge in [0.05, 0.1) is 5.39 Å². The number of hydrogen-bond donors (Lipinski definition) is 1. The topological polar surface area (TPSA) is 64.0 Å². The number of hydrogen-bond acceptors (Lipinski definition) is 3. The van der Waals surface area contributed by atoms with Crippen LogP contribution in [0.1, 0.15) is 30.3 Å². The molecule has 2 aromatic carbocycles.